The minimum absolute atomic E-state index is 0.888. The highest BCUT2D eigenvalue weighted by Crippen LogP contribution is 2.18. The van der Waals surface area contributed by atoms with Crippen LogP contribution in [-0.2, 0) is 0 Å². The van der Waals surface area contributed by atoms with Crippen LogP contribution < -0.4 is 0 Å². The largest absolute Gasteiger partial charge is 0.380 e. The van der Waals surface area contributed by atoms with Gasteiger partial charge in [-0.25, -0.2) is 0 Å². The smallest absolute Gasteiger partial charge is 0.0440 e. The second kappa shape index (κ2) is 5.95. The van der Waals surface area contributed by atoms with Gasteiger partial charge in [0.1, 0.15) is 0 Å². The Morgan fingerprint density at radius 2 is 2.00 bits per heavy atom. The van der Waals surface area contributed by atoms with Crippen molar-refractivity contribution in [3.63, 3.8) is 0 Å². The molecule has 0 unspecified atom stereocenters. The average molecular weight is 238 g/mol. The standard InChI is InChI=1S/C8H16BrNS/c1-4-5-8(11)7(6-9)10(2)3/h11H,4-6H2,1-3H3/b8-7-. The Bertz CT molecular complexity index is 143. The zero-order valence-corrected chi connectivity index (χ0v) is 9.87. The molecule has 1 nitrogen and oxygen atoms in total. The molecule has 0 spiro atoms. The molecule has 0 saturated heterocycles. The van der Waals surface area contributed by atoms with E-state index in [9.17, 15) is 0 Å². The molecule has 0 aromatic rings. The molecule has 3 heteroatoms. The van der Waals surface area contributed by atoms with Crippen LogP contribution in [0.3, 0.4) is 0 Å². The van der Waals surface area contributed by atoms with Crippen LogP contribution in [0.15, 0.2) is 10.6 Å². The van der Waals surface area contributed by atoms with E-state index in [1.807, 2.05) is 14.1 Å². The summed E-state index contributed by atoms with van der Waals surface area (Å²) in [6.07, 6.45) is 2.23. The fourth-order valence-electron chi connectivity index (χ4n) is 0.836. The van der Waals surface area contributed by atoms with Crippen molar-refractivity contribution in [3.05, 3.63) is 10.6 Å². The minimum Gasteiger partial charge on any atom is -0.380 e. The van der Waals surface area contributed by atoms with Crippen molar-refractivity contribution in [2.45, 2.75) is 19.8 Å². The van der Waals surface area contributed by atoms with Gasteiger partial charge in [-0.15, -0.1) is 12.6 Å². The molecule has 0 aromatic carbocycles. The Balaban J connectivity index is 4.27. The summed E-state index contributed by atoms with van der Waals surface area (Å²) >= 11 is 7.87. The van der Waals surface area contributed by atoms with Crippen LogP contribution in [0.2, 0.25) is 0 Å². The summed E-state index contributed by atoms with van der Waals surface area (Å²) in [6, 6.07) is 0. The summed E-state index contributed by atoms with van der Waals surface area (Å²) in [7, 11) is 4.09. The lowest BCUT2D eigenvalue weighted by atomic mass is 10.3. The third-order valence-corrected chi connectivity index (χ3v) is 2.50. The van der Waals surface area contributed by atoms with Crippen molar-refractivity contribution in [2.75, 3.05) is 19.4 Å². The van der Waals surface area contributed by atoms with E-state index in [-0.39, 0.29) is 0 Å². The van der Waals surface area contributed by atoms with Gasteiger partial charge in [-0.2, -0.15) is 0 Å². The zero-order chi connectivity index (χ0) is 8.85. The average Bonchev–Trinajstić information content (AvgIpc) is 1.88. The summed E-state index contributed by atoms with van der Waals surface area (Å²) in [5, 5.41) is 0.888. The molecule has 66 valence electrons. The quantitative estimate of drug-likeness (QED) is 0.582. The van der Waals surface area contributed by atoms with Gasteiger partial charge in [0.25, 0.3) is 0 Å². The van der Waals surface area contributed by atoms with E-state index < -0.39 is 0 Å². The predicted molar refractivity (Wildman–Crippen MR) is 58.4 cm³/mol. The molecule has 0 N–H and O–H groups in total. The summed E-state index contributed by atoms with van der Waals surface area (Å²) in [6.45, 7) is 2.16. The summed E-state index contributed by atoms with van der Waals surface area (Å²) in [4.78, 5) is 3.29. The zero-order valence-electron chi connectivity index (χ0n) is 7.39. The van der Waals surface area contributed by atoms with E-state index in [2.05, 4.69) is 40.4 Å². The van der Waals surface area contributed by atoms with Crippen molar-refractivity contribution in [1.82, 2.24) is 4.90 Å². The highest BCUT2D eigenvalue weighted by Gasteiger charge is 2.02. The molecular formula is C8H16BrNS. The molecule has 11 heavy (non-hydrogen) atoms. The van der Waals surface area contributed by atoms with Crippen LogP contribution in [0.4, 0.5) is 0 Å². The fraction of sp³-hybridized carbons (Fsp3) is 0.750. The number of hydrogen-bond acceptors (Lipinski definition) is 2. The minimum atomic E-state index is 0.888. The number of nitrogens with zero attached hydrogens (tertiary/aromatic N) is 1. The van der Waals surface area contributed by atoms with Crippen molar-refractivity contribution in [2.24, 2.45) is 0 Å². The monoisotopic (exact) mass is 237 g/mol. The van der Waals surface area contributed by atoms with E-state index in [0.29, 0.717) is 0 Å². The van der Waals surface area contributed by atoms with E-state index in [4.69, 9.17) is 0 Å². The van der Waals surface area contributed by atoms with E-state index in [1.54, 1.807) is 0 Å². The van der Waals surface area contributed by atoms with Crippen molar-refractivity contribution in [3.8, 4) is 0 Å². The lowest BCUT2D eigenvalue weighted by Crippen LogP contribution is -2.13. The Hall–Kier alpha value is 0.370. The van der Waals surface area contributed by atoms with E-state index >= 15 is 0 Å². The van der Waals surface area contributed by atoms with Gasteiger partial charge >= 0.3 is 0 Å². The molecule has 0 bridgehead atoms. The fourth-order valence-corrected chi connectivity index (χ4v) is 2.40. The van der Waals surface area contributed by atoms with E-state index in [1.165, 1.54) is 10.6 Å². The Morgan fingerprint density at radius 3 is 2.27 bits per heavy atom. The van der Waals surface area contributed by atoms with Gasteiger partial charge in [0, 0.05) is 30.0 Å². The number of thiol groups is 1. The molecule has 0 atom stereocenters. The van der Waals surface area contributed by atoms with Crippen molar-refractivity contribution < 1.29 is 0 Å². The molecule has 0 rings (SSSR count). The number of halogens is 1. The number of alkyl halides is 1. The highest BCUT2D eigenvalue weighted by molar-refractivity contribution is 9.09. The molecule has 0 heterocycles. The van der Waals surface area contributed by atoms with Gasteiger partial charge in [0.15, 0.2) is 0 Å². The first-order valence-electron chi connectivity index (χ1n) is 3.77. The molecule has 0 saturated carbocycles. The molecule has 0 radical (unpaired) electrons. The first-order valence-corrected chi connectivity index (χ1v) is 5.34. The topological polar surface area (TPSA) is 3.24 Å². The molecule has 0 aliphatic heterocycles. The third kappa shape index (κ3) is 4.06. The van der Waals surface area contributed by atoms with Crippen LogP contribution in [0.1, 0.15) is 19.8 Å². The molecule has 0 fully saturated rings. The highest BCUT2D eigenvalue weighted by atomic mass is 79.9. The van der Waals surface area contributed by atoms with Crippen molar-refractivity contribution in [1.29, 1.82) is 0 Å². The first kappa shape index (κ1) is 11.4. The maximum Gasteiger partial charge on any atom is 0.0440 e. The number of rotatable bonds is 4. The lowest BCUT2D eigenvalue weighted by Gasteiger charge is -2.17. The second-order valence-corrected chi connectivity index (χ2v) is 3.77. The summed E-state index contributed by atoms with van der Waals surface area (Å²) in [5.74, 6) is 0. The van der Waals surface area contributed by atoms with Gasteiger partial charge in [-0.3, -0.25) is 0 Å². The molecule has 0 aliphatic rings. The third-order valence-electron chi connectivity index (χ3n) is 1.49. The van der Waals surface area contributed by atoms with Crippen LogP contribution in [0, 0.1) is 0 Å². The second-order valence-electron chi connectivity index (χ2n) is 2.67. The number of hydrogen-bond donors (Lipinski definition) is 1. The molecule has 0 aromatic heterocycles. The maximum atomic E-state index is 4.43. The normalized spacial score (nSPS) is 12.8. The number of allylic oxidation sites excluding steroid dienone is 2. The molecular weight excluding hydrogens is 222 g/mol. The van der Waals surface area contributed by atoms with Gasteiger partial charge in [0.2, 0.25) is 0 Å². The predicted octanol–water partition coefficient (Wildman–Crippen LogP) is 2.88. The summed E-state index contributed by atoms with van der Waals surface area (Å²) < 4.78 is 0. The Kier molecular flexibility index (Phi) is 6.15. The first-order chi connectivity index (χ1) is 5.13. The van der Waals surface area contributed by atoms with Gasteiger partial charge in [-0.05, 0) is 6.42 Å². The van der Waals surface area contributed by atoms with Gasteiger partial charge in [0.05, 0.1) is 0 Å². The van der Waals surface area contributed by atoms with Crippen LogP contribution >= 0.6 is 28.6 Å². The molecule has 0 amide bonds. The Labute approximate surface area is 83.4 Å². The van der Waals surface area contributed by atoms with Crippen LogP contribution in [0.25, 0.3) is 0 Å². The maximum absolute atomic E-state index is 4.43. The van der Waals surface area contributed by atoms with Crippen LogP contribution in [0.5, 0.6) is 0 Å². The lowest BCUT2D eigenvalue weighted by molar-refractivity contribution is 0.512. The van der Waals surface area contributed by atoms with Gasteiger partial charge in [-0.1, -0.05) is 29.3 Å². The summed E-state index contributed by atoms with van der Waals surface area (Å²) in [5.41, 5.74) is 1.27. The Morgan fingerprint density at radius 1 is 1.45 bits per heavy atom. The molecule has 0 aliphatic carbocycles. The van der Waals surface area contributed by atoms with Crippen molar-refractivity contribution >= 4 is 28.6 Å². The van der Waals surface area contributed by atoms with Crippen LogP contribution in [-0.4, -0.2) is 24.3 Å². The van der Waals surface area contributed by atoms with E-state index in [0.717, 1.165) is 18.2 Å². The SMILES string of the molecule is CCC/C(S)=C(\CBr)N(C)C. The van der Waals surface area contributed by atoms with Gasteiger partial charge < -0.3 is 4.90 Å².